The van der Waals surface area contributed by atoms with E-state index in [0.717, 1.165) is 16.7 Å². The molecule has 0 saturated carbocycles. The highest BCUT2D eigenvalue weighted by molar-refractivity contribution is 5.38. The number of hydrogen-bond acceptors (Lipinski definition) is 3. The molecule has 0 aromatic heterocycles. The average molecular weight is 223 g/mol. The van der Waals surface area contributed by atoms with Crippen molar-refractivity contribution in [3.05, 3.63) is 34.4 Å². The summed E-state index contributed by atoms with van der Waals surface area (Å²) in [4.78, 5) is 0. The van der Waals surface area contributed by atoms with Gasteiger partial charge in [0.1, 0.15) is 6.10 Å². The Morgan fingerprint density at radius 3 is 2.19 bits per heavy atom. The summed E-state index contributed by atoms with van der Waals surface area (Å²) in [6, 6.07) is 3.97. The zero-order valence-corrected chi connectivity index (χ0v) is 10.2. The summed E-state index contributed by atoms with van der Waals surface area (Å²) in [6.45, 7) is 6.36. The first-order valence-corrected chi connectivity index (χ1v) is 5.61. The third-order valence-corrected chi connectivity index (χ3v) is 3.03. The topological polar surface area (TPSA) is 66.5 Å². The molecule has 0 fully saturated rings. The van der Waals surface area contributed by atoms with Crippen LogP contribution in [0, 0.1) is 20.8 Å². The van der Waals surface area contributed by atoms with E-state index in [1.807, 2.05) is 32.9 Å². The molecule has 16 heavy (non-hydrogen) atoms. The van der Waals surface area contributed by atoms with Crippen molar-refractivity contribution in [2.24, 2.45) is 5.73 Å². The molecular formula is C13H21NO2. The van der Waals surface area contributed by atoms with Gasteiger partial charge < -0.3 is 15.9 Å². The molecule has 3 heteroatoms. The smallest absolute Gasteiger partial charge is 0.105 e. The number of benzene rings is 1. The molecule has 0 radical (unpaired) electrons. The van der Waals surface area contributed by atoms with Crippen molar-refractivity contribution in [2.45, 2.75) is 39.4 Å². The van der Waals surface area contributed by atoms with E-state index >= 15 is 0 Å². The van der Waals surface area contributed by atoms with Crippen LogP contribution in [0.4, 0.5) is 0 Å². The van der Waals surface area contributed by atoms with Gasteiger partial charge in [0.25, 0.3) is 0 Å². The predicted molar refractivity (Wildman–Crippen MR) is 65.3 cm³/mol. The molecule has 0 saturated heterocycles. The lowest BCUT2D eigenvalue weighted by atomic mass is 9.94. The monoisotopic (exact) mass is 223 g/mol. The molecule has 0 bridgehead atoms. The van der Waals surface area contributed by atoms with Gasteiger partial charge in [-0.15, -0.1) is 0 Å². The number of aryl methyl sites for hydroxylation is 3. The quantitative estimate of drug-likeness (QED) is 0.722. The van der Waals surface area contributed by atoms with Crippen molar-refractivity contribution < 1.29 is 10.2 Å². The Bertz CT molecular complexity index is 363. The molecule has 2 atom stereocenters. The van der Waals surface area contributed by atoms with Crippen molar-refractivity contribution in [3.8, 4) is 0 Å². The van der Waals surface area contributed by atoms with Crippen LogP contribution in [0.15, 0.2) is 12.1 Å². The van der Waals surface area contributed by atoms with Crippen molar-refractivity contribution in [3.63, 3.8) is 0 Å². The van der Waals surface area contributed by atoms with Crippen LogP contribution < -0.4 is 5.73 Å². The summed E-state index contributed by atoms with van der Waals surface area (Å²) in [5.41, 5.74) is 9.49. The molecule has 0 heterocycles. The summed E-state index contributed by atoms with van der Waals surface area (Å²) in [5.74, 6) is 0. The molecule has 0 aliphatic heterocycles. The predicted octanol–water partition coefficient (Wildman–Crippen LogP) is 1.35. The minimum Gasteiger partial charge on any atom is -0.390 e. The standard InChI is InChI=1S/C13H21NO2/c1-8-6-10(3)11(7-9(8)2)13(16)12(15)4-5-14/h6-7,12-13,15-16H,4-5,14H2,1-3H3. The van der Waals surface area contributed by atoms with Crippen molar-refractivity contribution in [2.75, 3.05) is 6.54 Å². The van der Waals surface area contributed by atoms with E-state index in [4.69, 9.17) is 5.73 Å². The first-order chi connectivity index (χ1) is 7.47. The van der Waals surface area contributed by atoms with Gasteiger partial charge in [0.2, 0.25) is 0 Å². The molecule has 0 aliphatic carbocycles. The SMILES string of the molecule is Cc1cc(C)c(C(O)C(O)CCN)cc1C. The first kappa shape index (κ1) is 13.2. The fraction of sp³-hybridized carbons (Fsp3) is 0.538. The lowest BCUT2D eigenvalue weighted by Gasteiger charge is -2.20. The first-order valence-electron chi connectivity index (χ1n) is 5.61. The van der Waals surface area contributed by atoms with Gasteiger partial charge in [-0.25, -0.2) is 0 Å². The Kier molecular flexibility index (Phi) is 4.47. The summed E-state index contributed by atoms with van der Waals surface area (Å²) in [6.07, 6.45) is -1.22. The Balaban J connectivity index is 2.99. The van der Waals surface area contributed by atoms with Gasteiger partial charge >= 0.3 is 0 Å². The Morgan fingerprint density at radius 1 is 1.06 bits per heavy atom. The number of hydrogen-bond donors (Lipinski definition) is 3. The number of rotatable bonds is 4. The maximum atomic E-state index is 10.0. The van der Waals surface area contributed by atoms with Crippen LogP contribution in [-0.2, 0) is 0 Å². The van der Waals surface area contributed by atoms with E-state index in [-0.39, 0.29) is 0 Å². The second kappa shape index (κ2) is 5.43. The molecular weight excluding hydrogens is 202 g/mol. The molecule has 1 aromatic carbocycles. The summed E-state index contributed by atoms with van der Waals surface area (Å²) in [7, 11) is 0. The largest absolute Gasteiger partial charge is 0.390 e. The maximum absolute atomic E-state index is 10.0. The van der Waals surface area contributed by atoms with Gasteiger partial charge in [-0.3, -0.25) is 0 Å². The van der Waals surface area contributed by atoms with Gasteiger partial charge in [0.05, 0.1) is 6.10 Å². The van der Waals surface area contributed by atoms with Crippen LogP contribution in [0.3, 0.4) is 0 Å². The van der Waals surface area contributed by atoms with Gasteiger partial charge in [-0.1, -0.05) is 12.1 Å². The van der Waals surface area contributed by atoms with Crippen molar-refractivity contribution >= 4 is 0 Å². The van der Waals surface area contributed by atoms with E-state index < -0.39 is 12.2 Å². The van der Waals surface area contributed by atoms with E-state index in [1.54, 1.807) is 0 Å². The van der Waals surface area contributed by atoms with Gasteiger partial charge in [0.15, 0.2) is 0 Å². The second-order valence-electron chi connectivity index (χ2n) is 4.38. The fourth-order valence-electron chi connectivity index (χ4n) is 1.84. The van der Waals surface area contributed by atoms with Gasteiger partial charge in [0, 0.05) is 0 Å². The van der Waals surface area contributed by atoms with Crippen molar-refractivity contribution in [1.29, 1.82) is 0 Å². The number of aliphatic hydroxyl groups is 2. The third-order valence-electron chi connectivity index (χ3n) is 3.03. The fourth-order valence-corrected chi connectivity index (χ4v) is 1.84. The van der Waals surface area contributed by atoms with E-state index in [1.165, 1.54) is 5.56 Å². The average Bonchev–Trinajstić information content (AvgIpc) is 2.23. The van der Waals surface area contributed by atoms with E-state index in [2.05, 4.69) is 0 Å². The third kappa shape index (κ3) is 2.82. The Hall–Kier alpha value is -0.900. The molecule has 90 valence electrons. The molecule has 1 aromatic rings. The van der Waals surface area contributed by atoms with Crippen molar-refractivity contribution in [1.82, 2.24) is 0 Å². The lowest BCUT2D eigenvalue weighted by molar-refractivity contribution is 0.0146. The molecule has 2 unspecified atom stereocenters. The molecule has 1 rings (SSSR count). The van der Waals surface area contributed by atoms with Gasteiger partial charge in [-0.2, -0.15) is 0 Å². The Morgan fingerprint density at radius 2 is 1.62 bits per heavy atom. The summed E-state index contributed by atoms with van der Waals surface area (Å²) >= 11 is 0. The molecule has 4 N–H and O–H groups in total. The van der Waals surface area contributed by atoms with Crippen LogP contribution in [-0.4, -0.2) is 22.9 Å². The highest BCUT2D eigenvalue weighted by Gasteiger charge is 2.19. The number of nitrogens with two attached hydrogens (primary N) is 1. The number of aliphatic hydroxyl groups excluding tert-OH is 2. The van der Waals surface area contributed by atoms with Gasteiger partial charge in [-0.05, 0) is 56.0 Å². The van der Waals surface area contributed by atoms with Crippen LogP contribution in [0.1, 0.15) is 34.8 Å². The van der Waals surface area contributed by atoms with E-state index in [9.17, 15) is 10.2 Å². The zero-order chi connectivity index (χ0) is 12.3. The minimum atomic E-state index is -0.845. The highest BCUT2D eigenvalue weighted by Crippen LogP contribution is 2.25. The molecule has 0 aliphatic rings. The lowest BCUT2D eigenvalue weighted by Crippen LogP contribution is -2.22. The zero-order valence-electron chi connectivity index (χ0n) is 10.2. The van der Waals surface area contributed by atoms with Crippen LogP contribution >= 0.6 is 0 Å². The molecule has 0 spiro atoms. The molecule has 0 amide bonds. The van der Waals surface area contributed by atoms with E-state index in [0.29, 0.717) is 13.0 Å². The normalized spacial score (nSPS) is 14.9. The summed E-state index contributed by atoms with van der Waals surface area (Å²) < 4.78 is 0. The molecule has 3 nitrogen and oxygen atoms in total. The highest BCUT2D eigenvalue weighted by atomic mass is 16.3. The summed E-state index contributed by atoms with van der Waals surface area (Å²) in [5, 5.41) is 19.7. The van der Waals surface area contributed by atoms with Crippen LogP contribution in [0.5, 0.6) is 0 Å². The minimum absolute atomic E-state index is 0.377. The van der Waals surface area contributed by atoms with Crippen LogP contribution in [0.25, 0.3) is 0 Å². The van der Waals surface area contributed by atoms with Crippen LogP contribution in [0.2, 0.25) is 0 Å². The maximum Gasteiger partial charge on any atom is 0.105 e. The second-order valence-corrected chi connectivity index (χ2v) is 4.38. The Labute approximate surface area is 96.9 Å².